The van der Waals surface area contributed by atoms with E-state index in [1.54, 1.807) is 0 Å². The number of aromatic nitrogens is 1. The molecule has 0 fully saturated rings. The van der Waals surface area contributed by atoms with E-state index < -0.39 is 0 Å². The zero-order chi connectivity index (χ0) is 19.0. The van der Waals surface area contributed by atoms with Crippen LogP contribution in [-0.4, -0.2) is 64.6 Å². The molecule has 1 aromatic heterocycles. The highest BCUT2D eigenvalue weighted by molar-refractivity contribution is 5.79. The van der Waals surface area contributed by atoms with Gasteiger partial charge in [-0.3, -0.25) is 0 Å². The number of guanidine groups is 1. The lowest BCUT2D eigenvalue weighted by Gasteiger charge is -2.13. The Balaban J connectivity index is 2.30. The Kier molecular flexibility index (Phi) is 12.2. The molecule has 0 aliphatic carbocycles. The number of pyridine rings is 1. The second-order valence-corrected chi connectivity index (χ2v) is 6.12. The minimum atomic E-state index is 0.602. The Morgan fingerprint density at radius 3 is 2.58 bits per heavy atom. The van der Waals surface area contributed by atoms with Crippen LogP contribution >= 0.6 is 0 Å². The summed E-state index contributed by atoms with van der Waals surface area (Å²) >= 11 is 0. The smallest absolute Gasteiger partial charge is 0.191 e. The number of hydrogen-bond donors (Lipinski definition) is 2. The highest BCUT2D eigenvalue weighted by Gasteiger charge is 2.01. The summed E-state index contributed by atoms with van der Waals surface area (Å²) in [6.07, 6.45) is 4.09. The molecule has 0 atom stereocenters. The SMILES string of the molecule is CCCCOCCOCCNC(=NCc1ccnc(N(C)C)c1)NCC. The average molecular weight is 366 g/mol. The van der Waals surface area contributed by atoms with Gasteiger partial charge >= 0.3 is 0 Å². The highest BCUT2D eigenvalue weighted by atomic mass is 16.5. The van der Waals surface area contributed by atoms with E-state index in [0.717, 1.165) is 43.3 Å². The lowest BCUT2D eigenvalue weighted by atomic mass is 10.2. The quantitative estimate of drug-likeness (QED) is 0.317. The van der Waals surface area contributed by atoms with Gasteiger partial charge in [-0.1, -0.05) is 13.3 Å². The number of ether oxygens (including phenoxy) is 2. The normalized spacial score (nSPS) is 11.5. The van der Waals surface area contributed by atoms with Gasteiger partial charge in [0, 0.05) is 40.0 Å². The first-order chi connectivity index (χ1) is 12.7. The van der Waals surface area contributed by atoms with Crippen LogP contribution in [0.5, 0.6) is 0 Å². The second kappa shape index (κ2) is 14.3. The van der Waals surface area contributed by atoms with Gasteiger partial charge in [-0.15, -0.1) is 0 Å². The van der Waals surface area contributed by atoms with Crippen molar-refractivity contribution < 1.29 is 9.47 Å². The third-order valence-electron chi connectivity index (χ3n) is 3.59. The highest BCUT2D eigenvalue weighted by Crippen LogP contribution is 2.10. The molecule has 2 N–H and O–H groups in total. The molecule has 0 aromatic carbocycles. The molecule has 0 aliphatic heterocycles. The van der Waals surface area contributed by atoms with E-state index in [0.29, 0.717) is 32.9 Å². The molecule has 0 spiro atoms. The summed E-state index contributed by atoms with van der Waals surface area (Å²) in [5.41, 5.74) is 1.13. The second-order valence-electron chi connectivity index (χ2n) is 6.12. The lowest BCUT2D eigenvalue weighted by Crippen LogP contribution is -2.39. The minimum Gasteiger partial charge on any atom is -0.379 e. The fourth-order valence-corrected chi connectivity index (χ4v) is 2.13. The molecule has 0 amide bonds. The third-order valence-corrected chi connectivity index (χ3v) is 3.59. The van der Waals surface area contributed by atoms with Crippen LogP contribution in [0.25, 0.3) is 0 Å². The maximum Gasteiger partial charge on any atom is 0.191 e. The molecule has 148 valence electrons. The molecule has 26 heavy (non-hydrogen) atoms. The summed E-state index contributed by atoms with van der Waals surface area (Å²) in [4.78, 5) is 10.9. The molecule has 0 saturated carbocycles. The number of rotatable bonds is 13. The van der Waals surface area contributed by atoms with Gasteiger partial charge in [0.1, 0.15) is 5.82 Å². The van der Waals surface area contributed by atoms with Crippen molar-refractivity contribution >= 4 is 11.8 Å². The van der Waals surface area contributed by atoms with Gasteiger partial charge in [-0.25, -0.2) is 9.98 Å². The standard InChI is InChI=1S/C19H35N5O2/c1-5-7-11-25-13-14-26-12-10-22-19(20-6-2)23-16-17-8-9-21-18(15-17)24(3)4/h8-9,15H,5-7,10-14,16H2,1-4H3,(H2,20,22,23). The van der Waals surface area contributed by atoms with Crippen LogP contribution in [0, 0.1) is 0 Å². The first-order valence-electron chi connectivity index (χ1n) is 9.47. The van der Waals surface area contributed by atoms with Crippen LogP contribution in [-0.2, 0) is 16.0 Å². The number of aliphatic imine (C=N–C) groups is 1. The Bertz CT molecular complexity index is 508. The van der Waals surface area contributed by atoms with Crippen molar-refractivity contribution in [2.45, 2.75) is 33.2 Å². The van der Waals surface area contributed by atoms with Gasteiger partial charge in [-0.05, 0) is 31.0 Å². The number of hydrogen-bond acceptors (Lipinski definition) is 5. The van der Waals surface area contributed by atoms with Crippen molar-refractivity contribution in [1.29, 1.82) is 0 Å². The van der Waals surface area contributed by atoms with E-state index in [-0.39, 0.29) is 0 Å². The van der Waals surface area contributed by atoms with Gasteiger partial charge in [0.05, 0.1) is 26.4 Å². The van der Waals surface area contributed by atoms with Gasteiger partial charge in [-0.2, -0.15) is 0 Å². The predicted octanol–water partition coefficient (Wildman–Crippen LogP) is 2.04. The van der Waals surface area contributed by atoms with Crippen LogP contribution in [0.4, 0.5) is 5.82 Å². The zero-order valence-electron chi connectivity index (χ0n) is 16.8. The van der Waals surface area contributed by atoms with Gasteiger partial charge in [0.15, 0.2) is 5.96 Å². The van der Waals surface area contributed by atoms with Crippen molar-refractivity contribution in [3.05, 3.63) is 23.9 Å². The molecule has 7 heteroatoms. The Labute approximate surface area is 158 Å². The van der Waals surface area contributed by atoms with Crippen molar-refractivity contribution in [3.8, 4) is 0 Å². The summed E-state index contributed by atoms with van der Waals surface area (Å²) in [7, 11) is 3.96. The van der Waals surface area contributed by atoms with Crippen LogP contribution < -0.4 is 15.5 Å². The molecule has 1 aromatic rings. The molecular weight excluding hydrogens is 330 g/mol. The number of nitrogens with zero attached hydrogens (tertiary/aromatic N) is 3. The Morgan fingerprint density at radius 1 is 1.12 bits per heavy atom. The molecule has 0 bridgehead atoms. The molecule has 1 rings (SSSR count). The third kappa shape index (κ3) is 10.2. The molecule has 0 saturated heterocycles. The fraction of sp³-hybridized carbons (Fsp3) is 0.684. The zero-order valence-corrected chi connectivity index (χ0v) is 16.8. The van der Waals surface area contributed by atoms with Gasteiger partial charge in [0.2, 0.25) is 0 Å². The summed E-state index contributed by atoms with van der Waals surface area (Å²) < 4.78 is 11.0. The van der Waals surface area contributed by atoms with E-state index in [1.807, 2.05) is 31.3 Å². The van der Waals surface area contributed by atoms with Crippen LogP contribution in [0.1, 0.15) is 32.3 Å². The molecule has 1 heterocycles. The Hall–Kier alpha value is -1.86. The van der Waals surface area contributed by atoms with Gasteiger partial charge < -0.3 is 25.0 Å². The average Bonchev–Trinajstić information content (AvgIpc) is 2.65. The Morgan fingerprint density at radius 2 is 1.88 bits per heavy atom. The van der Waals surface area contributed by atoms with E-state index in [4.69, 9.17) is 9.47 Å². The molecular formula is C19H35N5O2. The number of nitrogens with one attached hydrogen (secondary N) is 2. The maximum atomic E-state index is 5.56. The van der Waals surface area contributed by atoms with Crippen LogP contribution in [0.3, 0.4) is 0 Å². The van der Waals surface area contributed by atoms with Gasteiger partial charge in [0.25, 0.3) is 0 Å². The summed E-state index contributed by atoms with van der Waals surface area (Å²) in [5.74, 6) is 1.73. The van der Waals surface area contributed by atoms with Crippen LogP contribution in [0.2, 0.25) is 0 Å². The van der Waals surface area contributed by atoms with Crippen LogP contribution in [0.15, 0.2) is 23.3 Å². The van der Waals surface area contributed by atoms with E-state index in [2.05, 4.69) is 40.5 Å². The lowest BCUT2D eigenvalue weighted by molar-refractivity contribution is 0.0487. The maximum absolute atomic E-state index is 5.56. The molecule has 0 radical (unpaired) electrons. The van der Waals surface area contributed by atoms with Crippen molar-refractivity contribution in [3.63, 3.8) is 0 Å². The molecule has 0 aliphatic rings. The van der Waals surface area contributed by atoms with E-state index >= 15 is 0 Å². The topological polar surface area (TPSA) is 71.0 Å². The first-order valence-corrected chi connectivity index (χ1v) is 9.47. The largest absolute Gasteiger partial charge is 0.379 e. The molecule has 7 nitrogen and oxygen atoms in total. The van der Waals surface area contributed by atoms with E-state index in [1.165, 1.54) is 0 Å². The molecule has 0 unspecified atom stereocenters. The predicted molar refractivity (Wildman–Crippen MR) is 108 cm³/mol. The van der Waals surface area contributed by atoms with Crippen molar-refractivity contribution in [2.24, 2.45) is 4.99 Å². The monoisotopic (exact) mass is 365 g/mol. The number of anilines is 1. The fourth-order valence-electron chi connectivity index (χ4n) is 2.13. The minimum absolute atomic E-state index is 0.602. The van der Waals surface area contributed by atoms with Crippen molar-refractivity contribution in [1.82, 2.24) is 15.6 Å². The first kappa shape index (κ1) is 22.2. The number of unbranched alkanes of at least 4 members (excludes halogenated alkanes) is 1. The van der Waals surface area contributed by atoms with E-state index in [9.17, 15) is 0 Å². The summed E-state index contributed by atoms with van der Waals surface area (Å²) in [5, 5.41) is 6.53. The summed E-state index contributed by atoms with van der Waals surface area (Å²) in [6.45, 7) is 9.07. The van der Waals surface area contributed by atoms with Crippen molar-refractivity contribution in [2.75, 3.05) is 58.5 Å². The summed E-state index contributed by atoms with van der Waals surface area (Å²) in [6, 6.07) is 4.04.